The van der Waals surface area contributed by atoms with E-state index in [9.17, 15) is 24.0 Å². The number of nitrogens with one attached hydrogen (secondary N) is 1. The van der Waals surface area contributed by atoms with E-state index < -0.39 is 11.8 Å². The summed E-state index contributed by atoms with van der Waals surface area (Å²) >= 11 is 0. The minimum Gasteiger partial charge on any atom is -0.343 e. The maximum Gasteiger partial charge on any atom is 0.262 e. The van der Waals surface area contributed by atoms with E-state index in [4.69, 9.17) is 0 Å². The van der Waals surface area contributed by atoms with Gasteiger partial charge in [0.05, 0.1) is 17.7 Å². The van der Waals surface area contributed by atoms with Crippen molar-refractivity contribution in [2.24, 2.45) is 5.92 Å². The van der Waals surface area contributed by atoms with Crippen LogP contribution in [0.2, 0.25) is 0 Å². The van der Waals surface area contributed by atoms with Gasteiger partial charge in [0.1, 0.15) is 0 Å². The number of carbonyl (C=O) groups excluding carboxylic acids is 5. The van der Waals surface area contributed by atoms with E-state index in [-0.39, 0.29) is 24.3 Å². The summed E-state index contributed by atoms with van der Waals surface area (Å²) in [5.41, 5.74) is 1.91. The summed E-state index contributed by atoms with van der Waals surface area (Å²) in [6.07, 6.45) is 1.84. The highest BCUT2D eigenvalue weighted by Gasteiger charge is 2.34. The van der Waals surface area contributed by atoms with Gasteiger partial charge in [-0.2, -0.15) is 0 Å². The summed E-state index contributed by atoms with van der Waals surface area (Å²) in [7, 11) is 0. The second-order valence-corrected chi connectivity index (χ2v) is 8.23. The number of hydrogen-bond acceptors (Lipinski definition) is 5. The van der Waals surface area contributed by atoms with Crippen molar-refractivity contribution >= 4 is 35.6 Å². The number of amides is 4. The maximum atomic E-state index is 12.7. The normalized spacial score (nSPS) is 15.4. The lowest BCUT2D eigenvalue weighted by molar-refractivity contribution is -0.132. The van der Waals surface area contributed by atoms with Gasteiger partial charge in [-0.1, -0.05) is 24.0 Å². The Kier molecular flexibility index (Phi) is 6.55. The van der Waals surface area contributed by atoms with E-state index in [1.807, 2.05) is 0 Å². The summed E-state index contributed by atoms with van der Waals surface area (Å²) in [6, 6.07) is 11.4. The number of anilines is 1. The Morgan fingerprint density at radius 3 is 2.29 bits per heavy atom. The standard InChI is InChI=1S/C26H23N3O5/c1-17(31)28-13-10-18(11-14-28)24(32)27-21-9-8-20(16-30)19(15-21)5-4-12-29-25(33)22-6-2-3-7-23(22)26(29)34/h2-3,6-9,15-16,18H,10-14H2,1H3,(H,27,32). The summed E-state index contributed by atoms with van der Waals surface area (Å²) in [5.74, 6) is 4.50. The Morgan fingerprint density at radius 1 is 1.06 bits per heavy atom. The van der Waals surface area contributed by atoms with Crippen LogP contribution in [-0.4, -0.2) is 59.3 Å². The third kappa shape index (κ3) is 4.59. The third-order valence-corrected chi connectivity index (χ3v) is 6.10. The zero-order chi connectivity index (χ0) is 24.2. The van der Waals surface area contributed by atoms with E-state index >= 15 is 0 Å². The number of nitrogens with zero attached hydrogens (tertiary/aromatic N) is 2. The number of hydrogen-bond donors (Lipinski definition) is 1. The van der Waals surface area contributed by atoms with Gasteiger partial charge >= 0.3 is 0 Å². The van der Waals surface area contributed by atoms with Gasteiger partial charge in [0, 0.05) is 42.7 Å². The molecule has 2 aliphatic rings. The molecular weight excluding hydrogens is 434 g/mol. The van der Waals surface area contributed by atoms with Gasteiger partial charge in [-0.05, 0) is 43.2 Å². The molecule has 0 unspecified atom stereocenters. The first-order chi connectivity index (χ1) is 16.4. The Hall–Kier alpha value is -4.25. The van der Waals surface area contributed by atoms with Crippen LogP contribution >= 0.6 is 0 Å². The fourth-order valence-corrected chi connectivity index (χ4v) is 4.14. The molecule has 0 aromatic heterocycles. The molecule has 0 spiro atoms. The molecule has 1 N–H and O–H groups in total. The van der Waals surface area contributed by atoms with Crippen molar-refractivity contribution in [2.75, 3.05) is 25.0 Å². The molecule has 0 saturated carbocycles. The fourth-order valence-electron chi connectivity index (χ4n) is 4.14. The van der Waals surface area contributed by atoms with Crippen LogP contribution in [0.3, 0.4) is 0 Å². The molecule has 1 saturated heterocycles. The van der Waals surface area contributed by atoms with Gasteiger partial charge in [-0.3, -0.25) is 28.9 Å². The lowest BCUT2D eigenvalue weighted by atomic mass is 9.95. The monoisotopic (exact) mass is 457 g/mol. The molecule has 1 fully saturated rings. The molecule has 0 radical (unpaired) electrons. The molecule has 8 nitrogen and oxygen atoms in total. The van der Waals surface area contributed by atoms with Crippen LogP contribution in [0, 0.1) is 17.8 Å². The van der Waals surface area contributed by atoms with Gasteiger partial charge < -0.3 is 10.2 Å². The van der Waals surface area contributed by atoms with Gasteiger partial charge in [-0.25, -0.2) is 0 Å². The second kappa shape index (κ2) is 9.71. The number of piperidine rings is 1. The summed E-state index contributed by atoms with van der Waals surface area (Å²) < 4.78 is 0. The molecule has 2 aromatic carbocycles. The zero-order valence-corrected chi connectivity index (χ0v) is 18.7. The predicted molar refractivity (Wildman–Crippen MR) is 124 cm³/mol. The molecule has 172 valence electrons. The topological polar surface area (TPSA) is 104 Å². The Balaban J connectivity index is 1.44. The van der Waals surface area contributed by atoms with Crippen LogP contribution in [0.4, 0.5) is 5.69 Å². The molecule has 0 bridgehead atoms. The van der Waals surface area contributed by atoms with Gasteiger partial charge in [0.15, 0.2) is 6.29 Å². The third-order valence-electron chi connectivity index (χ3n) is 6.10. The van der Waals surface area contributed by atoms with Crippen molar-refractivity contribution in [3.8, 4) is 11.8 Å². The average Bonchev–Trinajstić information content (AvgIpc) is 3.09. The number of benzene rings is 2. The number of likely N-dealkylation sites (tertiary alicyclic amines) is 1. The van der Waals surface area contributed by atoms with Crippen molar-refractivity contribution in [3.63, 3.8) is 0 Å². The number of rotatable bonds is 4. The van der Waals surface area contributed by atoms with E-state index in [0.29, 0.717) is 60.2 Å². The lowest BCUT2D eigenvalue weighted by Gasteiger charge is -2.30. The first kappa shape index (κ1) is 22.9. The molecular formula is C26H23N3O5. The number of imide groups is 1. The van der Waals surface area contributed by atoms with Crippen LogP contribution in [-0.2, 0) is 9.59 Å². The van der Waals surface area contributed by atoms with Crippen LogP contribution in [0.5, 0.6) is 0 Å². The molecule has 8 heteroatoms. The fraction of sp³-hybridized carbons (Fsp3) is 0.269. The van der Waals surface area contributed by atoms with E-state index in [0.717, 1.165) is 4.90 Å². The predicted octanol–water partition coefficient (Wildman–Crippen LogP) is 2.34. The summed E-state index contributed by atoms with van der Waals surface area (Å²) in [5, 5.41) is 2.86. The summed E-state index contributed by atoms with van der Waals surface area (Å²) in [4.78, 5) is 63.3. The van der Waals surface area contributed by atoms with Crippen LogP contribution < -0.4 is 5.32 Å². The van der Waals surface area contributed by atoms with E-state index in [1.54, 1.807) is 47.4 Å². The van der Waals surface area contributed by atoms with Crippen LogP contribution in [0.25, 0.3) is 0 Å². The minimum atomic E-state index is -0.401. The smallest absolute Gasteiger partial charge is 0.262 e. The summed E-state index contributed by atoms with van der Waals surface area (Å²) in [6.45, 7) is 2.50. The zero-order valence-electron chi connectivity index (χ0n) is 18.7. The number of carbonyl (C=O) groups is 5. The van der Waals surface area contributed by atoms with E-state index in [1.165, 1.54) is 6.92 Å². The first-order valence-electron chi connectivity index (χ1n) is 11.0. The highest BCUT2D eigenvalue weighted by molar-refractivity contribution is 6.21. The molecule has 2 heterocycles. The molecule has 4 rings (SSSR count). The van der Waals surface area contributed by atoms with Gasteiger partial charge in [0.2, 0.25) is 11.8 Å². The van der Waals surface area contributed by atoms with Gasteiger partial charge in [-0.15, -0.1) is 0 Å². The minimum absolute atomic E-state index is 0.00716. The van der Waals surface area contributed by atoms with Crippen molar-refractivity contribution in [2.45, 2.75) is 19.8 Å². The number of fused-ring (bicyclic) bond motifs is 1. The molecule has 0 atom stereocenters. The molecule has 2 aromatic rings. The maximum absolute atomic E-state index is 12.7. The SMILES string of the molecule is CC(=O)N1CCC(C(=O)Nc2ccc(C=O)c(C#CCN3C(=O)c4ccccc4C3=O)c2)CC1. The van der Waals surface area contributed by atoms with Crippen molar-refractivity contribution < 1.29 is 24.0 Å². The van der Waals surface area contributed by atoms with Crippen LogP contribution in [0.1, 0.15) is 56.4 Å². The second-order valence-electron chi connectivity index (χ2n) is 8.23. The Morgan fingerprint density at radius 2 is 1.71 bits per heavy atom. The lowest BCUT2D eigenvalue weighted by Crippen LogP contribution is -2.40. The Bertz CT molecular complexity index is 1210. The number of aldehydes is 1. The average molecular weight is 457 g/mol. The Labute approximate surface area is 196 Å². The highest BCUT2D eigenvalue weighted by atomic mass is 16.2. The molecule has 2 aliphatic heterocycles. The molecule has 34 heavy (non-hydrogen) atoms. The van der Waals surface area contributed by atoms with Crippen LogP contribution in [0.15, 0.2) is 42.5 Å². The highest BCUT2D eigenvalue weighted by Crippen LogP contribution is 2.23. The van der Waals surface area contributed by atoms with Crippen molar-refractivity contribution in [3.05, 3.63) is 64.7 Å². The molecule has 4 amide bonds. The first-order valence-corrected chi connectivity index (χ1v) is 11.0. The largest absolute Gasteiger partial charge is 0.343 e. The van der Waals surface area contributed by atoms with E-state index in [2.05, 4.69) is 17.2 Å². The quantitative estimate of drug-likeness (QED) is 0.431. The van der Waals surface area contributed by atoms with Crippen molar-refractivity contribution in [1.82, 2.24) is 9.80 Å². The molecule has 0 aliphatic carbocycles. The van der Waals surface area contributed by atoms with Crippen molar-refractivity contribution in [1.29, 1.82) is 0 Å². The van der Waals surface area contributed by atoms with Gasteiger partial charge in [0.25, 0.3) is 11.8 Å².